The molecule has 1 atom stereocenters. The minimum atomic E-state index is -3.59. The number of hydrogen-bond donors (Lipinski definition) is 0. The van der Waals surface area contributed by atoms with Crippen molar-refractivity contribution in [2.24, 2.45) is 0 Å². The Morgan fingerprint density at radius 2 is 1.58 bits per heavy atom. The van der Waals surface area contributed by atoms with Gasteiger partial charge in [0.15, 0.2) is 0 Å². The predicted molar refractivity (Wildman–Crippen MR) is 121 cm³/mol. The number of rotatable bonds is 8. The van der Waals surface area contributed by atoms with Gasteiger partial charge in [-0.05, 0) is 43.0 Å². The SMILES string of the molecule is CCS(=O)(=O)N1Cc2ccccc2CC1C(=O)OCCCCN1C(=O)c2ccccc2C1=O. The van der Waals surface area contributed by atoms with Crippen molar-refractivity contribution in [3.05, 3.63) is 70.8 Å². The van der Waals surface area contributed by atoms with Crippen LogP contribution in [-0.2, 0) is 32.5 Å². The molecule has 0 fully saturated rings. The first-order valence-corrected chi connectivity index (χ1v) is 12.6. The van der Waals surface area contributed by atoms with E-state index >= 15 is 0 Å². The topological polar surface area (TPSA) is 101 Å². The Kier molecular flexibility index (Phi) is 6.62. The third kappa shape index (κ3) is 4.56. The Morgan fingerprint density at radius 1 is 0.970 bits per heavy atom. The van der Waals surface area contributed by atoms with E-state index in [-0.39, 0.29) is 43.7 Å². The summed E-state index contributed by atoms with van der Waals surface area (Å²) in [6.45, 7) is 2.01. The zero-order chi connectivity index (χ0) is 23.6. The molecule has 33 heavy (non-hydrogen) atoms. The van der Waals surface area contributed by atoms with Crippen LogP contribution in [0.5, 0.6) is 0 Å². The van der Waals surface area contributed by atoms with Crippen LogP contribution in [0.25, 0.3) is 0 Å². The molecule has 0 saturated heterocycles. The molecular formula is C24H26N2O6S. The third-order valence-electron chi connectivity index (χ3n) is 6.10. The van der Waals surface area contributed by atoms with E-state index in [2.05, 4.69) is 0 Å². The van der Waals surface area contributed by atoms with Gasteiger partial charge in [0.25, 0.3) is 11.8 Å². The van der Waals surface area contributed by atoms with Crippen molar-refractivity contribution in [3.63, 3.8) is 0 Å². The van der Waals surface area contributed by atoms with Crippen molar-refractivity contribution in [2.45, 2.75) is 38.8 Å². The van der Waals surface area contributed by atoms with Crippen LogP contribution >= 0.6 is 0 Å². The maximum atomic E-state index is 12.8. The number of esters is 1. The fourth-order valence-electron chi connectivity index (χ4n) is 4.24. The van der Waals surface area contributed by atoms with E-state index in [0.29, 0.717) is 24.0 Å². The van der Waals surface area contributed by atoms with Crippen LogP contribution in [0.3, 0.4) is 0 Å². The Balaban J connectivity index is 1.32. The van der Waals surface area contributed by atoms with Crippen molar-refractivity contribution in [1.82, 2.24) is 9.21 Å². The van der Waals surface area contributed by atoms with E-state index in [0.717, 1.165) is 11.1 Å². The molecule has 0 spiro atoms. The van der Waals surface area contributed by atoms with Crippen molar-refractivity contribution in [2.75, 3.05) is 18.9 Å². The molecule has 1 unspecified atom stereocenters. The molecule has 2 amide bonds. The second-order valence-corrected chi connectivity index (χ2v) is 10.3. The Labute approximate surface area is 193 Å². The number of fused-ring (bicyclic) bond motifs is 2. The highest BCUT2D eigenvalue weighted by molar-refractivity contribution is 7.89. The molecule has 2 aromatic rings. The van der Waals surface area contributed by atoms with E-state index in [9.17, 15) is 22.8 Å². The maximum absolute atomic E-state index is 12.8. The molecule has 0 aromatic heterocycles. The smallest absolute Gasteiger partial charge is 0.324 e. The average molecular weight is 471 g/mol. The minimum absolute atomic E-state index is 0.0835. The number of unbranched alkanes of at least 4 members (excludes halogenated alkanes) is 1. The molecule has 4 rings (SSSR count). The first kappa shape index (κ1) is 23.1. The Morgan fingerprint density at radius 3 is 2.21 bits per heavy atom. The Hall–Kier alpha value is -3.04. The molecule has 9 heteroatoms. The zero-order valence-corrected chi connectivity index (χ0v) is 19.2. The molecule has 2 heterocycles. The number of carbonyl (C=O) groups is 3. The molecule has 0 bridgehead atoms. The predicted octanol–water partition coefficient (Wildman–Crippen LogP) is 2.38. The van der Waals surface area contributed by atoms with E-state index < -0.39 is 22.0 Å². The highest BCUT2D eigenvalue weighted by atomic mass is 32.2. The number of hydrogen-bond acceptors (Lipinski definition) is 6. The van der Waals surface area contributed by atoms with Gasteiger partial charge >= 0.3 is 5.97 Å². The molecule has 2 aliphatic heterocycles. The summed E-state index contributed by atoms with van der Waals surface area (Å²) in [5, 5.41) is 0. The lowest BCUT2D eigenvalue weighted by molar-refractivity contribution is -0.148. The maximum Gasteiger partial charge on any atom is 0.324 e. The first-order chi connectivity index (χ1) is 15.8. The van der Waals surface area contributed by atoms with Gasteiger partial charge in [-0.2, -0.15) is 4.31 Å². The summed E-state index contributed by atoms with van der Waals surface area (Å²) in [5.41, 5.74) is 2.64. The molecule has 0 N–H and O–H groups in total. The van der Waals surface area contributed by atoms with Gasteiger partial charge in [0, 0.05) is 19.5 Å². The normalized spacial score (nSPS) is 18.2. The van der Waals surface area contributed by atoms with Crippen LogP contribution in [0.4, 0.5) is 0 Å². The molecule has 174 valence electrons. The lowest BCUT2D eigenvalue weighted by atomic mass is 9.96. The number of imide groups is 1. The summed E-state index contributed by atoms with van der Waals surface area (Å²) in [4.78, 5) is 38.8. The van der Waals surface area contributed by atoms with Gasteiger partial charge in [-0.15, -0.1) is 0 Å². The largest absolute Gasteiger partial charge is 0.464 e. The Bertz CT molecular complexity index is 1160. The van der Waals surface area contributed by atoms with Gasteiger partial charge < -0.3 is 4.74 Å². The number of ether oxygens (including phenoxy) is 1. The fourth-order valence-corrected chi connectivity index (χ4v) is 5.46. The van der Waals surface area contributed by atoms with Gasteiger partial charge in [-0.3, -0.25) is 19.3 Å². The van der Waals surface area contributed by atoms with Crippen LogP contribution in [0.2, 0.25) is 0 Å². The van der Waals surface area contributed by atoms with Crippen molar-refractivity contribution < 1.29 is 27.5 Å². The zero-order valence-electron chi connectivity index (χ0n) is 18.4. The molecule has 0 radical (unpaired) electrons. The van der Waals surface area contributed by atoms with E-state index in [4.69, 9.17) is 4.74 Å². The highest BCUT2D eigenvalue weighted by Crippen LogP contribution is 2.27. The lowest BCUT2D eigenvalue weighted by Gasteiger charge is -2.34. The average Bonchev–Trinajstić information content (AvgIpc) is 3.07. The fraction of sp³-hybridized carbons (Fsp3) is 0.375. The second kappa shape index (κ2) is 9.44. The van der Waals surface area contributed by atoms with Crippen molar-refractivity contribution >= 4 is 27.8 Å². The van der Waals surface area contributed by atoms with Gasteiger partial charge in [-0.1, -0.05) is 36.4 Å². The van der Waals surface area contributed by atoms with Crippen molar-refractivity contribution in [3.8, 4) is 0 Å². The van der Waals surface area contributed by atoms with Crippen LogP contribution in [0.1, 0.15) is 51.6 Å². The number of carbonyl (C=O) groups excluding carboxylic acids is 3. The third-order valence-corrected chi connectivity index (χ3v) is 7.93. The van der Waals surface area contributed by atoms with Gasteiger partial charge in [-0.25, -0.2) is 8.42 Å². The molecule has 2 aliphatic rings. The summed E-state index contributed by atoms with van der Waals surface area (Å²) < 4.78 is 31.9. The van der Waals surface area contributed by atoms with E-state index in [1.165, 1.54) is 9.21 Å². The molecule has 8 nitrogen and oxygen atoms in total. The molecular weight excluding hydrogens is 444 g/mol. The lowest BCUT2D eigenvalue weighted by Crippen LogP contribution is -2.49. The van der Waals surface area contributed by atoms with Crippen LogP contribution in [0, 0.1) is 0 Å². The summed E-state index contributed by atoms with van der Waals surface area (Å²) in [6, 6.07) is 13.3. The van der Waals surface area contributed by atoms with Gasteiger partial charge in [0.1, 0.15) is 6.04 Å². The molecule has 0 aliphatic carbocycles. The summed E-state index contributed by atoms with van der Waals surface area (Å²) in [5.74, 6) is -1.30. The quantitative estimate of drug-likeness (QED) is 0.334. The summed E-state index contributed by atoms with van der Waals surface area (Å²) >= 11 is 0. The number of sulfonamides is 1. The number of benzene rings is 2. The minimum Gasteiger partial charge on any atom is -0.464 e. The number of amides is 2. The van der Waals surface area contributed by atoms with Crippen LogP contribution in [-0.4, -0.2) is 60.4 Å². The van der Waals surface area contributed by atoms with Crippen LogP contribution < -0.4 is 0 Å². The summed E-state index contributed by atoms with van der Waals surface area (Å²) in [7, 11) is -3.59. The van der Waals surface area contributed by atoms with Crippen LogP contribution in [0.15, 0.2) is 48.5 Å². The highest BCUT2D eigenvalue weighted by Gasteiger charge is 2.39. The first-order valence-electron chi connectivity index (χ1n) is 11.0. The van der Waals surface area contributed by atoms with E-state index in [1.807, 2.05) is 24.3 Å². The number of nitrogens with zero attached hydrogens (tertiary/aromatic N) is 2. The molecule has 2 aromatic carbocycles. The standard InChI is InChI=1S/C24H26N2O6S/c1-2-33(30,31)26-16-18-10-4-3-9-17(18)15-21(26)24(29)32-14-8-7-13-25-22(27)19-11-5-6-12-20(19)23(25)28/h3-6,9-12,21H,2,7-8,13-16H2,1H3. The van der Waals surface area contributed by atoms with Gasteiger partial charge in [0.2, 0.25) is 10.0 Å². The summed E-state index contributed by atoms with van der Waals surface area (Å²) in [6.07, 6.45) is 1.19. The second-order valence-electron chi connectivity index (χ2n) is 8.12. The van der Waals surface area contributed by atoms with Gasteiger partial charge in [0.05, 0.1) is 23.5 Å². The van der Waals surface area contributed by atoms with Crippen molar-refractivity contribution in [1.29, 1.82) is 0 Å². The monoisotopic (exact) mass is 470 g/mol. The molecule has 0 saturated carbocycles. The van der Waals surface area contributed by atoms with E-state index in [1.54, 1.807) is 31.2 Å².